The van der Waals surface area contributed by atoms with Crippen molar-refractivity contribution in [2.45, 2.75) is 45.7 Å². The lowest BCUT2D eigenvalue weighted by Gasteiger charge is -2.60. The molecule has 0 aromatic rings. The Balaban J connectivity index is 3.46. The molecule has 0 spiro atoms. The molecule has 1 fully saturated rings. The molecule has 1 heterocycles. The fourth-order valence-electron chi connectivity index (χ4n) is 4.05. The van der Waals surface area contributed by atoms with Gasteiger partial charge in [0.1, 0.15) is 19.8 Å². The Hall–Kier alpha value is -2.97. The van der Waals surface area contributed by atoms with Gasteiger partial charge in [0.15, 0.2) is 0 Å². The van der Waals surface area contributed by atoms with Crippen LogP contribution in [0.15, 0.2) is 0 Å². The van der Waals surface area contributed by atoms with Crippen LogP contribution in [0.25, 0.3) is 0 Å². The molecule has 1 aliphatic heterocycles. The lowest BCUT2D eigenvalue weighted by molar-refractivity contribution is -0.767. The van der Waals surface area contributed by atoms with Gasteiger partial charge in [-0.1, -0.05) is 0 Å². The highest BCUT2D eigenvalue weighted by Crippen LogP contribution is 2.49. The van der Waals surface area contributed by atoms with Crippen molar-refractivity contribution in [3.05, 3.63) is 30.3 Å². The summed E-state index contributed by atoms with van der Waals surface area (Å²) in [6, 6.07) is 0. The Kier molecular flexibility index (Phi) is 7.49. The molecule has 1 saturated heterocycles. The van der Waals surface area contributed by atoms with Gasteiger partial charge in [0, 0.05) is 18.8 Å². The summed E-state index contributed by atoms with van der Waals surface area (Å²) in [5, 5.41) is 30.4. The molecule has 15 nitrogen and oxygen atoms in total. The van der Waals surface area contributed by atoms with Crippen LogP contribution in [0.3, 0.4) is 0 Å². The standard InChI is InChI=1S/C14H24N4O11/c1-9(19)29-15-13(2,3)11(7-27-17(22)23)10(6-26-16(20)21)12(14(15,4)5)8-28-18(24)25/h10-12H,6-8H2,1-5H3. The molecule has 0 N–H and O–H groups in total. The van der Waals surface area contributed by atoms with Crippen molar-refractivity contribution in [1.29, 1.82) is 0 Å². The molecule has 0 aromatic carbocycles. The van der Waals surface area contributed by atoms with Crippen molar-refractivity contribution in [1.82, 2.24) is 5.06 Å². The van der Waals surface area contributed by atoms with E-state index in [-0.39, 0.29) is 0 Å². The van der Waals surface area contributed by atoms with E-state index < -0.39 is 69.9 Å². The maximum Gasteiger partial charge on any atom is 0.322 e. The van der Waals surface area contributed by atoms with Crippen molar-refractivity contribution >= 4 is 5.97 Å². The predicted octanol–water partition coefficient (Wildman–Crippen LogP) is 0.811. The van der Waals surface area contributed by atoms with Gasteiger partial charge in [-0.05, 0) is 33.6 Å². The van der Waals surface area contributed by atoms with E-state index in [4.69, 9.17) is 4.84 Å². The van der Waals surface area contributed by atoms with Crippen LogP contribution in [0, 0.1) is 48.1 Å². The normalized spacial score (nSPS) is 25.5. The third kappa shape index (κ3) is 5.75. The third-order valence-electron chi connectivity index (χ3n) is 5.21. The second-order valence-electron chi connectivity index (χ2n) is 7.62. The van der Waals surface area contributed by atoms with Gasteiger partial charge in [-0.15, -0.1) is 35.4 Å². The molecule has 0 saturated carbocycles. The number of carbonyl (C=O) groups excluding carboxylic acids is 1. The largest absolute Gasteiger partial charge is 0.367 e. The van der Waals surface area contributed by atoms with Crippen LogP contribution in [0.1, 0.15) is 34.6 Å². The average Bonchev–Trinajstić information content (AvgIpc) is 2.54. The summed E-state index contributed by atoms with van der Waals surface area (Å²) in [5.74, 6) is -3.26. The van der Waals surface area contributed by atoms with Crippen LogP contribution < -0.4 is 0 Å². The topological polar surface area (TPSA) is 187 Å². The number of rotatable bonds is 10. The summed E-state index contributed by atoms with van der Waals surface area (Å²) in [6.07, 6.45) is 0. The summed E-state index contributed by atoms with van der Waals surface area (Å²) in [7, 11) is 0. The lowest BCUT2D eigenvalue weighted by atomic mass is 9.62. The summed E-state index contributed by atoms with van der Waals surface area (Å²) >= 11 is 0. The van der Waals surface area contributed by atoms with E-state index in [9.17, 15) is 35.1 Å². The third-order valence-corrected chi connectivity index (χ3v) is 5.21. The monoisotopic (exact) mass is 424 g/mol. The highest BCUT2D eigenvalue weighted by Gasteiger charge is 2.59. The first-order valence-corrected chi connectivity index (χ1v) is 8.52. The van der Waals surface area contributed by atoms with Crippen LogP contribution in [0.4, 0.5) is 0 Å². The van der Waals surface area contributed by atoms with Gasteiger partial charge >= 0.3 is 5.97 Å². The van der Waals surface area contributed by atoms with Gasteiger partial charge < -0.3 is 19.4 Å². The van der Waals surface area contributed by atoms with Gasteiger partial charge in [0.25, 0.3) is 15.3 Å². The van der Waals surface area contributed by atoms with Gasteiger partial charge in [-0.25, -0.2) is 0 Å². The second kappa shape index (κ2) is 9.02. The minimum atomic E-state index is -1.12. The Labute approximate surface area is 165 Å². The van der Waals surface area contributed by atoms with E-state index in [1.807, 2.05) is 0 Å². The van der Waals surface area contributed by atoms with E-state index >= 15 is 0 Å². The number of carbonyl (C=O) groups is 1. The second-order valence-corrected chi connectivity index (χ2v) is 7.62. The predicted molar refractivity (Wildman–Crippen MR) is 91.1 cm³/mol. The maximum absolute atomic E-state index is 11.7. The molecule has 0 radical (unpaired) electrons. The molecule has 2 unspecified atom stereocenters. The van der Waals surface area contributed by atoms with E-state index in [0.29, 0.717) is 0 Å². The fraction of sp³-hybridized carbons (Fsp3) is 0.929. The Morgan fingerprint density at radius 1 is 0.828 bits per heavy atom. The first kappa shape index (κ1) is 24.1. The highest BCUT2D eigenvalue weighted by atomic mass is 17.0. The van der Waals surface area contributed by atoms with Gasteiger partial charge in [-0.3, -0.25) is 4.79 Å². The van der Waals surface area contributed by atoms with Crippen molar-refractivity contribution < 1.29 is 39.4 Å². The zero-order valence-electron chi connectivity index (χ0n) is 16.6. The minimum absolute atomic E-state index is 0.519. The molecule has 0 amide bonds. The molecule has 1 aliphatic rings. The van der Waals surface area contributed by atoms with Crippen LogP contribution in [0.2, 0.25) is 0 Å². The quantitative estimate of drug-likeness (QED) is 0.355. The molecule has 15 heteroatoms. The van der Waals surface area contributed by atoms with Gasteiger partial charge in [0.05, 0.1) is 11.1 Å². The van der Waals surface area contributed by atoms with E-state index in [1.165, 1.54) is 5.06 Å². The minimum Gasteiger partial charge on any atom is -0.367 e. The Morgan fingerprint density at radius 2 is 1.17 bits per heavy atom. The van der Waals surface area contributed by atoms with E-state index in [2.05, 4.69) is 14.5 Å². The van der Waals surface area contributed by atoms with Crippen LogP contribution in [-0.4, -0.2) is 57.2 Å². The highest BCUT2D eigenvalue weighted by molar-refractivity contribution is 5.65. The number of hydroxylamine groups is 2. The van der Waals surface area contributed by atoms with Crippen LogP contribution >= 0.6 is 0 Å². The summed E-state index contributed by atoms with van der Waals surface area (Å²) < 4.78 is 0. The number of hydrogen-bond acceptors (Lipinski definition) is 12. The number of piperidine rings is 1. The zero-order chi connectivity index (χ0) is 22.6. The SMILES string of the molecule is CC(=O)ON1C(C)(C)C(CO[N+](=O)[O-])C(CO[N+](=O)[O-])C(CO[N+](=O)[O-])C1(C)C. The van der Waals surface area contributed by atoms with Gasteiger partial charge in [-0.2, -0.15) is 0 Å². The smallest absolute Gasteiger partial charge is 0.322 e. The molecular formula is C14H24N4O11. The number of nitrogens with zero attached hydrogens (tertiary/aromatic N) is 4. The summed E-state index contributed by atoms with van der Waals surface area (Å²) in [6.45, 7) is 6.02. The molecule has 0 aliphatic carbocycles. The zero-order valence-corrected chi connectivity index (χ0v) is 16.6. The molecule has 1 rings (SSSR count). The Bertz CT molecular complexity index is 615. The fourth-order valence-corrected chi connectivity index (χ4v) is 4.05. The first-order valence-electron chi connectivity index (χ1n) is 8.52. The Morgan fingerprint density at radius 3 is 1.48 bits per heavy atom. The summed E-state index contributed by atoms with van der Waals surface area (Å²) in [4.78, 5) is 62.7. The molecule has 166 valence electrons. The molecule has 29 heavy (non-hydrogen) atoms. The molecule has 2 atom stereocenters. The summed E-state index contributed by atoms with van der Waals surface area (Å²) in [5.41, 5.74) is -2.25. The molecular weight excluding hydrogens is 400 g/mol. The van der Waals surface area contributed by atoms with Gasteiger partial charge in [0.2, 0.25) is 0 Å². The van der Waals surface area contributed by atoms with Crippen molar-refractivity contribution in [3.8, 4) is 0 Å². The molecule has 0 aromatic heterocycles. The maximum atomic E-state index is 11.7. The van der Waals surface area contributed by atoms with Crippen LogP contribution in [0.5, 0.6) is 0 Å². The van der Waals surface area contributed by atoms with Crippen LogP contribution in [-0.2, 0) is 24.1 Å². The van der Waals surface area contributed by atoms with E-state index in [1.54, 1.807) is 27.7 Å². The average molecular weight is 424 g/mol. The number of hydrogen-bond donors (Lipinski definition) is 0. The first-order chi connectivity index (χ1) is 13.2. The lowest BCUT2D eigenvalue weighted by Crippen LogP contribution is -2.71. The molecule has 0 bridgehead atoms. The van der Waals surface area contributed by atoms with E-state index in [0.717, 1.165) is 6.92 Å². The van der Waals surface area contributed by atoms with Crippen molar-refractivity contribution in [2.75, 3.05) is 19.8 Å². The van der Waals surface area contributed by atoms with Crippen molar-refractivity contribution in [3.63, 3.8) is 0 Å². The van der Waals surface area contributed by atoms with Crippen molar-refractivity contribution in [2.24, 2.45) is 17.8 Å².